The third kappa shape index (κ3) is 6.42. The largest absolute Gasteiger partial charge is 0.493 e. The van der Waals surface area contributed by atoms with Crippen LogP contribution in [0.3, 0.4) is 0 Å². The molecule has 0 atom stereocenters. The van der Waals surface area contributed by atoms with Gasteiger partial charge in [-0.1, -0.05) is 18.2 Å². The number of amides is 1. The number of nitrogens with one attached hydrogen (secondary N) is 1. The average Bonchev–Trinajstić information content (AvgIpc) is 2.86. The summed E-state index contributed by atoms with van der Waals surface area (Å²) < 4.78 is 57.5. The minimum absolute atomic E-state index is 0.116. The summed E-state index contributed by atoms with van der Waals surface area (Å²) in [5.41, 5.74) is 1.09. The number of nitrogens with zero attached hydrogens (tertiary/aromatic N) is 1. The molecular weight excluding hydrogens is 475 g/mol. The van der Waals surface area contributed by atoms with Crippen molar-refractivity contribution in [2.75, 3.05) is 38.2 Å². The van der Waals surface area contributed by atoms with Crippen molar-refractivity contribution in [2.45, 2.75) is 11.8 Å². The molecule has 0 aliphatic rings. The molecule has 3 aromatic carbocycles. The summed E-state index contributed by atoms with van der Waals surface area (Å²) in [4.78, 5) is 12.6. The van der Waals surface area contributed by atoms with E-state index in [1.54, 1.807) is 0 Å². The van der Waals surface area contributed by atoms with E-state index in [4.69, 9.17) is 14.2 Å². The average molecular weight is 503 g/mol. The summed E-state index contributed by atoms with van der Waals surface area (Å²) in [7, 11) is -1.39. The second-order valence-corrected chi connectivity index (χ2v) is 9.33. The standard InChI is InChI=1S/C25H27FN2O6S/c1-18-6-4-5-7-22(18)34-15-14-27-25(29)17-28(20-10-8-19(26)9-11-20)35(30,31)21-12-13-23(32-2)24(16-21)33-3/h4-13,16H,14-15,17H2,1-3H3,(H,27,29). The fraction of sp³-hybridized carbons (Fsp3) is 0.240. The molecule has 0 unspecified atom stereocenters. The van der Waals surface area contributed by atoms with Gasteiger partial charge in [0, 0.05) is 6.07 Å². The van der Waals surface area contributed by atoms with Gasteiger partial charge in [-0.2, -0.15) is 0 Å². The molecule has 0 bridgehead atoms. The van der Waals surface area contributed by atoms with Crippen LogP contribution in [0.5, 0.6) is 17.2 Å². The Morgan fingerprint density at radius 1 is 0.943 bits per heavy atom. The number of halogens is 1. The number of aryl methyl sites for hydroxylation is 1. The van der Waals surface area contributed by atoms with Gasteiger partial charge in [-0.15, -0.1) is 0 Å². The summed E-state index contributed by atoms with van der Waals surface area (Å²) in [5, 5.41) is 2.66. The van der Waals surface area contributed by atoms with Crippen LogP contribution < -0.4 is 23.8 Å². The van der Waals surface area contributed by atoms with Crippen LogP contribution in [0.25, 0.3) is 0 Å². The molecule has 3 aromatic rings. The van der Waals surface area contributed by atoms with Crippen molar-refractivity contribution >= 4 is 21.6 Å². The van der Waals surface area contributed by atoms with Crippen molar-refractivity contribution in [3.63, 3.8) is 0 Å². The van der Waals surface area contributed by atoms with Gasteiger partial charge in [0.25, 0.3) is 10.0 Å². The van der Waals surface area contributed by atoms with E-state index < -0.39 is 28.3 Å². The molecule has 0 heterocycles. The molecule has 1 amide bonds. The number of benzene rings is 3. The number of sulfonamides is 1. The molecule has 0 saturated carbocycles. The molecular formula is C25H27FN2O6S. The molecule has 0 aliphatic carbocycles. The zero-order chi connectivity index (χ0) is 25.4. The first-order chi connectivity index (χ1) is 16.8. The third-order valence-electron chi connectivity index (χ3n) is 5.12. The number of carbonyl (C=O) groups is 1. The number of para-hydroxylation sites is 1. The van der Waals surface area contributed by atoms with Gasteiger partial charge < -0.3 is 19.5 Å². The smallest absolute Gasteiger partial charge is 0.264 e. The van der Waals surface area contributed by atoms with E-state index in [-0.39, 0.29) is 29.5 Å². The van der Waals surface area contributed by atoms with Gasteiger partial charge in [-0.25, -0.2) is 12.8 Å². The van der Waals surface area contributed by atoms with E-state index in [0.717, 1.165) is 22.0 Å². The van der Waals surface area contributed by atoms with E-state index in [0.29, 0.717) is 11.5 Å². The Labute approximate surface area is 204 Å². The van der Waals surface area contributed by atoms with Crippen LogP contribution in [0.4, 0.5) is 10.1 Å². The molecule has 35 heavy (non-hydrogen) atoms. The van der Waals surface area contributed by atoms with Crippen molar-refractivity contribution in [1.82, 2.24) is 5.32 Å². The van der Waals surface area contributed by atoms with Crippen LogP contribution in [0.15, 0.2) is 71.6 Å². The van der Waals surface area contributed by atoms with Crippen molar-refractivity contribution in [3.05, 3.63) is 78.1 Å². The molecule has 10 heteroatoms. The Bertz CT molecular complexity index is 1270. The predicted molar refractivity (Wildman–Crippen MR) is 130 cm³/mol. The molecule has 0 aromatic heterocycles. The lowest BCUT2D eigenvalue weighted by atomic mass is 10.2. The van der Waals surface area contributed by atoms with E-state index in [1.165, 1.54) is 44.6 Å². The Hall–Kier alpha value is -3.79. The highest BCUT2D eigenvalue weighted by Crippen LogP contribution is 2.32. The number of carbonyl (C=O) groups excluding carboxylic acids is 1. The van der Waals surface area contributed by atoms with Crippen LogP contribution in [0.1, 0.15) is 5.56 Å². The molecule has 0 fully saturated rings. The SMILES string of the molecule is COc1ccc(S(=O)(=O)N(CC(=O)NCCOc2ccccc2C)c2ccc(F)cc2)cc1OC. The Morgan fingerprint density at radius 2 is 1.63 bits per heavy atom. The lowest BCUT2D eigenvalue weighted by molar-refractivity contribution is -0.119. The van der Waals surface area contributed by atoms with Gasteiger partial charge in [-0.05, 0) is 55.0 Å². The highest BCUT2D eigenvalue weighted by molar-refractivity contribution is 7.92. The van der Waals surface area contributed by atoms with Gasteiger partial charge >= 0.3 is 0 Å². The van der Waals surface area contributed by atoms with Gasteiger partial charge in [0.1, 0.15) is 24.7 Å². The highest BCUT2D eigenvalue weighted by Gasteiger charge is 2.28. The lowest BCUT2D eigenvalue weighted by Crippen LogP contribution is -2.42. The summed E-state index contributed by atoms with van der Waals surface area (Å²) in [6.07, 6.45) is 0. The van der Waals surface area contributed by atoms with Crippen LogP contribution in [0.2, 0.25) is 0 Å². The second-order valence-electron chi connectivity index (χ2n) is 7.47. The van der Waals surface area contributed by atoms with Gasteiger partial charge in [0.15, 0.2) is 11.5 Å². The minimum Gasteiger partial charge on any atom is -0.493 e. The quantitative estimate of drug-likeness (QED) is 0.403. The van der Waals surface area contributed by atoms with Crippen LogP contribution in [0, 0.1) is 12.7 Å². The van der Waals surface area contributed by atoms with Crippen molar-refractivity contribution in [1.29, 1.82) is 0 Å². The highest BCUT2D eigenvalue weighted by atomic mass is 32.2. The van der Waals surface area contributed by atoms with E-state index in [2.05, 4.69) is 5.32 Å². The first-order valence-electron chi connectivity index (χ1n) is 10.7. The molecule has 186 valence electrons. The predicted octanol–water partition coefficient (Wildman–Crippen LogP) is 3.54. The first kappa shape index (κ1) is 25.8. The molecule has 1 N–H and O–H groups in total. The van der Waals surface area contributed by atoms with Gasteiger partial charge in [0.2, 0.25) is 5.91 Å². The van der Waals surface area contributed by atoms with E-state index in [9.17, 15) is 17.6 Å². The minimum atomic E-state index is -4.22. The molecule has 0 aliphatic heterocycles. The van der Waals surface area contributed by atoms with E-state index in [1.807, 2.05) is 31.2 Å². The van der Waals surface area contributed by atoms with Crippen LogP contribution in [-0.2, 0) is 14.8 Å². The second kappa shape index (κ2) is 11.6. The van der Waals surface area contributed by atoms with Gasteiger partial charge in [0.05, 0.1) is 31.3 Å². The zero-order valence-corrected chi connectivity index (χ0v) is 20.5. The number of hydrogen-bond donors (Lipinski definition) is 1. The normalized spacial score (nSPS) is 11.0. The number of methoxy groups -OCH3 is 2. The van der Waals surface area contributed by atoms with Crippen molar-refractivity contribution in [2.24, 2.45) is 0 Å². The van der Waals surface area contributed by atoms with Crippen LogP contribution in [-0.4, -0.2) is 48.2 Å². The molecule has 0 radical (unpaired) electrons. The zero-order valence-electron chi connectivity index (χ0n) is 19.7. The summed E-state index contributed by atoms with van der Waals surface area (Å²) in [6.45, 7) is 1.76. The van der Waals surface area contributed by atoms with Crippen molar-refractivity contribution in [3.8, 4) is 17.2 Å². The maximum absolute atomic E-state index is 13.5. The molecule has 0 saturated heterocycles. The Balaban J connectivity index is 1.78. The fourth-order valence-corrected chi connectivity index (χ4v) is 4.72. The molecule has 3 rings (SSSR count). The summed E-state index contributed by atoms with van der Waals surface area (Å²) in [6, 6.07) is 16.4. The summed E-state index contributed by atoms with van der Waals surface area (Å²) >= 11 is 0. The number of ether oxygens (including phenoxy) is 3. The lowest BCUT2D eigenvalue weighted by Gasteiger charge is -2.24. The fourth-order valence-electron chi connectivity index (χ4n) is 3.28. The maximum Gasteiger partial charge on any atom is 0.264 e. The Morgan fingerprint density at radius 3 is 2.29 bits per heavy atom. The van der Waals surface area contributed by atoms with E-state index >= 15 is 0 Å². The topological polar surface area (TPSA) is 94.2 Å². The number of hydrogen-bond acceptors (Lipinski definition) is 6. The van der Waals surface area contributed by atoms with Crippen molar-refractivity contribution < 1.29 is 31.8 Å². The monoisotopic (exact) mass is 502 g/mol. The van der Waals surface area contributed by atoms with Gasteiger partial charge in [-0.3, -0.25) is 9.10 Å². The first-order valence-corrected chi connectivity index (χ1v) is 12.2. The maximum atomic E-state index is 13.5. The van der Waals surface area contributed by atoms with Crippen LogP contribution >= 0.6 is 0 Å². The number of anilines is 1. The number of rotatable bonds is 11. The summed E-state index contributed by atoms with van der Waals surface area (Å²) in [5.74, 6) is 0.184. The Kier molecular flexibility index (Phi) is 8.53. The molecule has 8 nitrogen and oxygen atoms in total. The third-order valence-corrected chi connectivity index (χ3v) is 6.89. The molecule has 0 spiro atoms.